The van der Waals surface area contributed by atoms with E-state index in [-0.39, 0.29) is 5.82 Å². The van der Waals surface area contributed by atoms with Crippen LogP contribution < -0.4 is 4.74 Å². The van der Waals surface area contributed by atoms with Gasteiger partial charge in [-0.15, -0.1) is 0 Å². The van der Waals surface area contributed by atoms with Crippen molar-refractivity contribution >= 4 is 0 Å². The van der Waals surface area contributed by atoms with Gasteiger partial charge in [0.2, 0.25) is 0 Å². The van der Waals surface area contributed by atoms with Crippen LogP contribution in [0.4, 0.5) is 4.39 Å². The van der Waals surface area contributed by atoms with Crippen LogP contribution in [0.2, 0.25) is 0 Å². The largest absolute Gasteiger partial charge is 0.496 e. The normalized spacial score (nSPS) is 11.2. The summed E-state index contributed by atoms with van der Waals surface area (Å²) in [5.74, 6) is 0.647. The topological polar surface area (TPSA) is 25.4 Å². The number of methoxy groups -OCH3 is 1. The van der Waals surface area contributed by atoms with E-state index >= 15 is 0 Å². The molecule has 0 aliphatic heterocycles. The van der Waals surface area contributed by atoms with E-state index in [4.69, 9.17) is 9.72 Å². The molecule has 0 N–H and O–H groups in total. The number of aromatic nitrogens is 1. The van der Waals surface area contributed by atoms with Gasteiger partial charge in [0.25, 0.3) is 0 Å². The lowest BCUT2D eigenvalue weighted by molar-refractivity contribution is 0.308. The fourth-order valence-electron chi connectivity index (χ4n) is 3.97. The molecule has 0 saturated carbocycles. The van der Waals surface area contributed by atoms with Crippen LogP contribution in [0.15, 0.2) is 48.5 Å². The van der Waals surface area contributed by atoms with E-state index in [9.17, 15) is 4.39 Å². The Hall–Kier alpha value is -2.72. The second kappa shape index (κ2) is 9.86. The van der Waals surface area contributed by atoms with E-state index in [1.54, 1.807) is 7.11 Å². The smallest absolute Gasteiger partial charge is 0.127 e. The van der Waals surface area contributed by atoms with Crippen LogP contribution in [0, 0.1) is 12.7 Å². The van der Waals surface area contributed by atoms with Gasteiger partial charge in [-0.05, 0) is 55.6 Å². The minimum atomic E-state index is -0.211. The van der Waals surface area contributed by atoms with Crippen molar-refractivity contribution in [2.45, 2.75) is 46.7 Å². The number of ether oxygens (including phenoxy) is 1. The van der Waals surface area contributed by atoms with Gasteiger partial charge in [0.15, 0.2) is 0 Å². The van der Waals surface area contributed by atoms with Crippen molar-refractivity contribution in [2.75, 3.05) is 14.2 Å². The number of hydrogen-bond donors (Lipinski definition) is 0. The highest BCUT2D eigenvalue weighted by Crippen LogP contribution is 2.33. The van der Waals surface area contributed by atoms with E-state index in [0.717, 1.165) is 47.7 Å². The van der Waals surface area contributed by atoms with Gasteiger partial charge >= 0.3 is 0 Å². The zero-order chi connectivity index (χ0) is 21.7. The molecule has 158 valence electrons. The number of aryl methyl sites for hydroxylation is 3. The molecule has 0 aliphatic rings. The van der Waals surface area contributed by atoms with Crippen molar-refractivity contribution < 1.29 is 9.13 Å². The Bertz CT molecular complexity index is 976. The maximum atomic E-state index is 13.2. The molecule has 0 saturated heterocycles. The number of rotatable bonds is 8. The summed E-state index contributed by atoms with van der Waals surface area (Å²) >= 11 is 0. The summed E-state index contributed by atoms with van der Waals surface area (Å²) in [7, 11) is 3.77. The zero-order valence-electron chi connectivity index (χ0n) is 18.6. The molecule has 0 atom stereocenters. The van der Waals surface area contributed by atoms with Gasteiger partial charge in [-0.1, -0.05) is 44.2 Å². The molecule has 0 fully saturated rings. The lowest BCUT2D eigenvalue weighted by Crippen LogP contribution is -2.19. The van der Waals surface area contributed by atoms with Gasteiger partial charge in [-0.25, -0.2) is 4.39 Å². The number of halogens is 1. The second-order valence-corrected chi connectivity index (χ2v) is 7.73. The first-order chi connectivity index (χ1) is 14.5. The molecule has 0 amide bonds. The summed E-state index contributed by atoms with van der Waals surface area (Å²) in [6.45, 7) is 7.84. The van der Waals surface area contributed by atoms with Crippen molar-refractivity contribution in [2.24, 2.45) is 0 Å². The molecule has 2 aromatic carbocycles. The van der Waals surface area contributed by atoms with Crippen molar-refractivity contribution in [3.63, 3.8) is 0 Å². The molecule has 3 nitrogen and oxygen atoms in total. The molecule has 3 rings (SSSR count). The molecular weight excluding hydrogens is 375 g/mol. The highest BCUT2D eigenvalue weighted by molar-refractivity contribution is 5.70. The van der Waals surface area contributed by atoms with Crippen molar-refractivity contribution in [3.05, 3.63) is 82.3 Å². The molecule has 0 radical (unpaired) electrons. The summed E-state index contributed by atoms with van der Waals surface area (Å²) in [5.41, 5.74) is 7.96. The second-order valence-electron chi connectivity index (χ2n) is 7.73. The third-order valence-electron chi connectivity index (χ3n) is 5.56. The Labute approximate surface area is 179 Å². The van der Waals surface area contributed by atoms with Crippen LogP contribution in [0.3, 0.4) is 0 Å². The average Bonchev–Trinajstić information content (AvgIpc) is 2.75. The summed E-state index contributed by atoms with van der Waals surface area (Å²) < 4.78 is 19.0. The quantitative estimate of drug-likeness (QED) is 0.461. The monoisotopic (exact) mass is 406 g/mol. The van der Waals surface area contributed by atoms with Gasteiger partial charge in [-0.2, -0.15) is 0 Å². The van der Waals surface area contributed by atoms with Crippen LogP contribution in [-0.2, 0) is 25.9 Å². The summed E-state index contributed by atoms with van der Waals surface area (Å²) in [6.07, 6.45) is 1.93. The Morgan fingerprint density at radius 3 is 2.17 bits per heavy atom. The van der Waals surface area contributed by atoms with Crippen molar-refractivity contribution in [1.82, 2.24) is 9.88 Å². The molecular formula is C26H31FN2O. The zero-order valence-corrected chi connectivity index (χ0v) is 18.6. The minimum absolute atomic E-state index is 0.211. The number of nitrogens with zero attached hydrogens (tertiary/aromatic N) is 2. The molecule has 0 bridgehead atoms. The Balaban J connectivity index is 1.92. The molecule has 4 heteroatoms. The lowest BCUT2D eigenvalue weighted by Gasteiger charge is -2.21. The van der Waals surface area contributed by atoms with E-state index in [1.165, 1.54) is 28.8 Å². The Morgan fingerprint density at radius 2 is 1.60 bits per heavy atom. The van der Waals surface area contributed by atoms with Crippen molar-refractivity contribution in [1.29, 1.82) is 0 Å². The maximum absolute atomic E-state index is 13.2. The Kier molecular flexibility index (Phi) is 7.22. The molecule has 30 heavy (non-hydrogen) atoms. The van der Waals surface area contributed by atoms with E-state index < -0.39 is 0 Å². The average molecular weight is 407 g/mol. The molecule has 3 aromatic rings. The fraction of sp³-hybridized carbons (Fsp3) is 0.346. The number of pyridine rings is 1. The van der Waals surface area contributed by atoms with Gasteiger partial charge in [0.1, 0.15) is 11.6 Å². The molecule has 0 unspecified atom stereocenters. The molecule has 1 aromatic heterocycles. The van der Waals surface area contributed by atoms with Crippen LogP contribution in [0.5, 0.6) is 5.75 Å². The van der Waals surface area contributed by atoms with Crippen molar-refractivity contribution in [3.8, 4) is 17.0 Å². The predicted molar refractivity (Wildman–Crippen MR) is 121 cm³/mol. The minimum Gasteiger partial charge on any atom is -0.496 e. The molecule has 0 aliphatic carbocycles. The number of benzene rings is 2. The standard InChI is InChI=1S/C26H31FN2O/c1-6-20-9-8-10-21(7-2)26(20)24-15-25(30-5)23(18(3)28-24)17-29(4)16-19-11-13-22(27)14-12-19/h8-15H,6-7,16-17H2,1-5H3. The first-order valence-electron chi connectivity index (χ1n) is 10.5. The van der Waals surface area contributed by atoms with Crippen LogP contribution in [0.25, 0.3) is 11.3 Å². The molecule has 0 spiro atoms. The summed E-state index contributed by atoms with van der Waals surface area (Å²) in [6, 6.07) is 15.2. The highest BCUT2D eigenvalue weighted by atomic mass is 19.1. The van der Waals surface area contributed by atoms with Crippen LogP contribution in [-0.4, -0.2) is 24.0 Å². The lowest BCUT2D eigenvalue weighted by atomic mass is 9.94. The predicted octanol–water partition coefficient (Wildman–Crippen LogP) is 5.96. The first kappa shape index (κ1) is 22.0. The molecule has 1 heterocycles. The Morgan fingerprint density at radius 1 is 0.967 bits per heavy atom. The maximum Gasteiger partial charge on any atom is 0.127 e. The van der Waals surface area contributed by atoms with Gasteiger partial charge in [0.05, 0.1) is 12.8 Å². The third-order valence-corrected chi connectivity index (χ3v) is 5.56. The highest BCUT2D eigenvalue weighted by Gasteiger charge is 2.17. The summed E-state index contributed by atoms with van der Waals surface area (Å²) in [5, 5.41) is 0. The first-order valence-corrected chi connectivity index (χ1v) is 10.5. The summed E-state index contributed by atoms with van der Waals surface area (Å²) in [4.78, 5) is 7.18. The van der Waals surface area contributed by atoms with E-state index in [2.05, 4.69) is 50.1 Å². The van der Waals surface area contributed by atoms with Gasteiger partial charge < -0.3 is 4.74 Å². The number of hydrogen-bond acceptors (Lipinski definition) is 3. The van der Waals surface area contributed by atoms with E-state index in [0.29, 0.717) is 6.54 Å². The van der Waals surface area contributed by atoms with Crippen LogP contribution >= 0.6 is 0 Å². The third kappa shape index (κ3) is 4.88. The fourth-order valence-corrected chi connectivity index (χ4v) is 3.97. The van der Waals surface area contributed by atoms with Gasteiger partial charge in [-0.3, -0.25) is 9.88 Å². The van der Waals surface area contributed by atoms with E-state index in [1.807, 2.05) is 19.1 Å². The SMILES string of the molecule is CCc1cccc(CC)c1-c1cc(OC)c(CN(C)Cc2ccc(F)cc2)c(C)n1. The van der Waals surface area contributed by atoms with Gasteiger partial charge in [0, 0.05) is 36.0 Å². The van der Waals surface area contributed by atoms with Crippen LogP contribution in [0.1, 0.15) is 41.8 Å².